The zero-order valence-corrected chi connectivity index (χ0v) is 11.0. The van der Waals surface area contributed by atoms with Crippen LogP contribution < -0.4 is 16.4 Å². The molecule has 1 aromatic rings. The fraction of sp³-hybridized carbons (Fsp3) is 0.417. The van der Waals surface area contributed by atoms with E-state index in [1.807, 2.05) is 0 Å². The summed E-state index contributed by atoms with van der Waals surface area (Å²) in [5.74, 6) is -0.192. The molecule has 4 N–H and O–H groups in total. The molecule has 1 fully saturated rings. The summed E-state index contributed by atoms with van der Waals surface area (Å²) in [6.07, 6.45) is 3.67. The molecule has 0 unspecified atom stereocenters. The van der Waals surface area contributed by atoms with Crippen LogP contribution in [-0.4, -0.2) is 29.4 Å². The van der Waals surface area contributed by atoms with Gasteiger partial charge in [-0.25, -0.2) is 4.98 Å². The molecule has 0 radical (unpaired) electrons. The molecular weight excluding hydrogens is 268 g/mol. The maximum Gasteiger partial charge on any atom is 0.253 e. The van der Waals surface area contributed by atoms with Gasteiger partial charge in [-0.2, -0.15) is 0 Å². The number of amides is 2. The van der Waals surface area contributed by atoms with Gasteiger partial charge in [0, 0.05) is 25.2 Å². The first-order chi connectivity index (χ1) is 9.06. The molecule has 19 heavy (non-hydrogen) atoms. The minimum absolute atomic E-state index is 0.0526. The first-order valence-corrected chi connectivity index (χ1v) is 6.42. The van der Waals surface area contributed by atoms with Gasteiger partial charge in [0.2, 0.25) is 5.91 Å². The van der Waals surface area contributed by atoms with E-state index in [4.69, 9.17) is 17.3 Å². The molecule has 7 heteroatoms. The van der Waals surface area contributed by atoms with Crippen LogP contribution in [-0.2, 0) is 4.79 Å². The third kappa shape index (κ3) is 4.10. The number of rotatable bonds is 5. The van der Waals surface area contributed by atoms with Crippen LogP contribution in [0.1, 0.15) is 29.6 Å². The Morgan fingerprint density at radius 3 is 2.89 bits per heavy atom. The lowest BCUT2D eigenvalue weighted by molar-refractivity contribution is -0.121. The molecule has 2 rings (SSSR count). The van der Waals surface area contributed by atoms with Crippen molar-refractivity contribution in [1.82, 2.24) is 15.6 Å². The number of pyridine rings is 1. The lowest BCUT2D eigenvalue weighted by Crippen LogP contribution is -2.31. The molecule has 102 valence electrons. The molecule has 0 bridgehead atoms. The van der Waals surface area contributed by atoms with Crippen molar-refractivity contribution >= 4 is 29.2 Å². The second kappa shape index (κ2) is 5.88. The van der Waals surface area contributed by atoms with Crippen LogP contribution >= 0.6 is 11.6 Å². The number of carbonyl (C=O) groups excluding carboxylic acids is 2. The Balaban J connectivity index is 1.80. The average Bonchev–Trinajstić information content (AvgIpc) is 3.16. The normalized spacial score (nSPS) is 13.9. The van der Waals surface area contributed by atoms with Crippen molar-refractivity contribution in [3.63, 3.8) is 0 Å². The topological polar surface area (TPSA) is 97.1 Å². The van der Waals surface area contributed by atoms with E-state index in [9.17, 15) is 9.59 Å². The van der Waals surface area contributed by atoms with E-state index in [-0.39, 0.29) is 41.2 Å². The van der Waals surface area contributed by atoms with Gasteiger partial charge in [-0.05, 0) is 18.9 Å². The molecule has 1 aliphatic rings. The van der Waals surface area contributed by atoms with Crippen LogP contribution in [0.2, 0.25) is 5.02 Å². The Labute approximate surface area is 115 Å². The second-order valence-corrected chi connectivity index (χ2v) is 4.84. The third-order valence-corrected chi connectivity index (χ3v) is 3.00. The monoisotopic (exact) mass is 282 g/mol. The number of halogens is 1. The predicted octanol–water partition coefficient (Wildman–Crippen LogP) is 0.716. The Morgan fingerprint density at radius 1 is 1.47 bits per heavy atom. The Hall–Kier alpha value is -1.82. The lowest BCUT2D eigenvalue weighted by Gasteiger charge is -2.07. The third-order valence-electron chi connectivity index (χ3n) is 2.70. The Kier molecular flexibility index (Phi) is 4.21. The molecule has 0 atom stereocenters. The summed E-state index contributed by atoms with van der Waals surface area (Å²) in [6, 6.07) is 1.74. The standard InChI is InChI=1S/C12H15ClN4O2/c13-9-6-16-10(14)5-8(9)12(19)15-4-3-11(18)17-7-1-2-7/h5-7H,1-4H2,(H2,14,16)(H,15,19)(H,17,18). The van der Waals surface area contributed by atoms with Gasteiger partial charge in [0.1, 0.15) is 5.82 Å². The van der Waals surface area contributed by atoms with E-state index in [1.54, 1.807) is 0 Å². The number of nitrogens with zero attached hydrogens (tertiary/aromatic N) is 1. The van der Waals surface area contributed by atoms with Gasteiger partial charge in [0.05, 0.1) is 10.6 Å². The molecule has 1 aliphatic carbocycles. The number of anilines is 1. The lowest BCUT2D eigenvalue weighted by atomic mass is 10.2. The van der Waals surface area contributed by atoms with E-state index < -0.39 is 0 Å². The highest BCUT2D eigenvalue weighted by Gasteiger charge is 2.22. The predicted molar refractivity (Wildman–Crippen MR) is 71.8 cm³/mol. The van der Waals surface area contributed by atoms with Crippen molar-refractivity contribution in [3.05, 3.63) is 22.8 Å². The molecule has 2 amide bonds. The van der Waals surface area contributed by atoms with Gasteiger partial charge in [-0.3, -0.25) is 9.59 Å². The van der Waals surface area contributed by atoms with Crippen LogP contribution in [0.25, 0.3) is 0 Å². The first-order valence-electron chi connectivity index (χ1n) is 6.05. The van der Waals surface area contributed by atoms with E-state index in [0.717, 1.165) is 12.8 Å². The molecule has 0 spiro atoms. The minimum Gasteiger partial charge on any atom is -0.384 e. The number of nitrogens with two attached hydrogens (primary N) is 1. The zero-order chi connectivity index (χ0) is 13.8. The van der Waals surface area contributed by atoms with E-state index in [1.165, 1.54) is 12.3 Å². The van der Waals surface area contributed by atoms with Gasteiger partial charge in [0.25, 0.3) is 5.91 Å². The smallest absolute Gasteiger partial charge is 0.253 e. The van der Waals surface area contributed by atoms with Gasteiger partial charge < -0.3 is 16.4 Å². The second-order valence-electron chi connectivity index (χ2n) is 4.44. The van der Waals surface area contributed by atoms with E-state index >= 15 is 0 Å². The number of aromatic nitrogens is 1. The molecule has 0 aliphatic heterocycles. The summed E-state index contributed by atoms with van der Waals surface area (Å²) in [5, 5.41) is 5.70. The summed E-state index contributed by atoms with van der Waals surface area (Å²) in [7, 11) is 0. The Morgan fingerprint density at radius 2 is 2.21 bits per heavy atom. The van der Waals surface area contributed by atoms with Crippen molar-refractivity contribution in [2.24, 2.45) is 0 Å². The molecular formula is C12H15ClN4O2. The summed E-state index contributed by atoms with van der Waals surface area (Å²) < 4.78 is 0. The summed E-state index contributed by atoms with van der Waals surface area (Å²) >= 11 is 5.85. The highest BCUT2D eigenvalue weighted by Crippen LogP contribution is 2.18. The number of hydrogen-bond donors (Lipinski definition) is 3. The van der Waals surface area contributed by atoms with Crippen LogP contribution in [0.4, 0.5) is 5.82 Å². The quantitative estimate of drug-likeness (QED) is 0.741. The highest BCUT2D eigenvalue weighted by molar-refractivity contribution is 6.33. The van der Waals surface area contributed by atoms with Crippen LogP contribution in [0.3, 0.4) is 0 Å². The van der Waals surface area contributed by atoms with E-state index in [0.29, 0.717) is 6.04 Å². The Bertz CT molecular complexity index is 503. The van der Waals surface area contributed by atoms with Gasteiger partial charge >= 0.3 is 0 Å². The average molecular weight is 283 g/mol. The first kappa shape index (κ1) is 13.6. The molecule has 0 saturated heterocycles. The summed E-state index contributed by atoms with van der Waals surface area (Å²) in [6.45, 7) is 0.260. The van der Waals surface area contributed by atoms with Gasteiger partial charge in [-0.15, -0.1) is 0 Å². The van der Waals surface area contributed by atoms with Gasteiger partial charge in [-0.1, -0.05) is 11.6 Å². The molecule has 6 nitrogen and oxygen atoms in total. The van der Waals surface area contributed by atoms with Crippen LogP contribution in [0, 0.1) is 0 Å². The molecule has 1 heterocycles. The van der Waals surface area contributed by atoms with Crippen molar-refractivity contribution < 1.29 is 9.59 Å². The highest BCUT2D eigenvalue weighted by atomic mass is 35.5. The fourth-order valence-corrected chi connectivity index (χ4v) is 1.73. The zero-order valence-electron chi connectivity index (χ0n) is 10.3. The molecule has 1 saturated carbocycles. The van der Waals surface area contributed by atoms with Crippen molar-refractivity contribution in [2.75, 3.05) is 12.3 Å². The molecule has 1 aromatic heterocycles. The largest absolute Gasteiger partial charge is 0.384 e. The van der Waals surface area contributed by atoms with Crippen LogP contribution in [0.15, 0.2) is 12.3 Å². The van der Waals surface area contributed by atoms with Crippen molar-refractivity contribution in [2.45, 2.75) is 25.3 Å². The minimum atomic E-state index is -0.363. The number of carbonyl (C=O) groups is 2. The maximum absolute atomic E-state index is 11.8. The SMILES string of the molecule is Nc1cc(C(=O)NCCC(=O)NC2CC2)c(Cl)cn1. The van der Waals surface area contributed by atoms with Crippen molar-refractivity contribution in [1.29, 1.82) is 0 Å². The fourth-order valence-electron chi connectivity index (χ4n) is 1.54. The molecule has 0 aromatic carbocycles. The van der Waals surface area contributed by atoms with E-state index in [2.05, 4.69) is 15.6 Å². The van der Waals surface area contributed by atoms with Gasteiger partial charge in [0.15, 0.2) is 0 Å². The summed E-state index contributed by atoms with van der Waals surface area (Å²) in [5.41, 5.74) is 5.75. The van der Waals surface area contributed by atoms with Crippen LogP contribution in [0.5, 0.6) is 0 Å². The number of hydrogen-bond acceptors (Lipinski definition) is 4. The summed E-state index contributed by atoms with van der Waals surface area (Å²) in [4.78, 5) is 27.0. The maximum atomic E-state index is 11.8. The number of nitrogen functional groups attached to an aromatic ring is 1. The number of nitrogens with one attached hydrogen (secondary N) is 2. The van der Waals surface area contributed by atoms with Crippen molar-refractivity contribution in [3.8, 4) is 0 Å².